The molecule has 0 fully saturated rings. The second kappa shape index (κ2) is 1.73. The van der Waals surface area contributed by atoms with Crippen molar-refractivity contribution in [2.45, 2.75) is 6.17 Å². The zero-order valence-corrected chi connectivity index (χ0v) is 5.23. The van der Waals surface area contributed by atoms with Gasteiger partial charge in [-0.25, -0.2) is 10.0 Å². The average molecular weight is 137 g/mol. The minimum absolute atomic E-state index is 0.0648. The van der Waals surface area contributed by atoms with E-state index in [-0.39, 0.29) is 6.17 Å². The van der Waals surface area contributed by atoms with Crippen LogP contribution < -0.4 is 11.1 Å². The molecule has 2 heterocycles. The van der Waals surface area contributed by atoms with Gasteiger partial charge in [0.2, 0.25) is 0 Å². The third kappa shape index (κ3) is 0.570. The van der Waals surface area contributed by atoms with Crippen molar-refractivity contribution in [2.75, 3.05) is 0 Å². The highest BCUT2D eigenvalue weighted by atomic mass is 15.5. The Morgan fingerprint density at radius 2 is 2.60 bits per heavy atom. The van der Waals surface area contributed by atoms with Crippen LogP contribution in [0.2, 0.25) is 0 Å². The number of rotatable bonds is 0. The van der Waals surface area contributed by atoms with Crippen LogP contribution in [0.5, 0.6) is 0 Å². The number of hydrogen-bond acceptors (Lipinski definition) is 5. The molecule has 1 unspecified atom stereocenters. The lowest BCUT2D eigenvalue weighted by Crippen LogP contribution is -2.46. The van der Waals surface area contributed by atoms with Crippen LogP contribution in [-0.2, 0) is 0 Å². The fraction of sp³-hybridized carbons (Fsp3) is 0.200. The number of hydrazone groups is 1. The van der Waals surface area contributed by atoms with Crippen LogP contribution in [0.1, 0.15) is 0 Å². The van der Waals surface area contributed by atoms with E-state index >= 15 is 0 Å². The Morgan fingerprint density at radius 1 is 1.70 bits per heavy atom. The van der Waals surface area contributed by atoms with Crippen molar-refractivity contribution in [1.29, 1.82) is 0 Å². The fourth-order valence-corrected chi connectivity index (χ4v) is 0.922. The fourth-order valence-electron chi connectivity index (χ4n) is 0.922. The molecule has 0 aromatic rings. The molecule has 10 heavy (non-hydrogen) atoms. The first-order valence-electron chi connectivity index (χ1n) is 2.94. The largest absolute Gasteiger partial charge is 0.384 e. The summed E-state index contributed by atoms with van der Waals surface area (Å²) >= 11 is 0. The molecule has 0 radical (unpaired) electrons. The Bertz CT molecular complexity index is 228. The number of amidine groups is 1. The molecule has 2 aliphatic rings. The summed E-state index contributed by atoms with van der Waals surface area (Å²) in [5.41, 5.74) is 5.53. The number of aliphatic imine (C=N–C) groups is 1. The standard InChI is InChI=1S/C5H7N5/c6-4-5-7-1-2-10(5)9-3-8-4/h1-3,5,7H,(H2,6,8,9). The number of fused-ring (bicyclic) bond motifs is 1. The molecule has 0 saturated heterocycles. The summed E-state index contributed by atoms with van der Waals surface area (Å²) in [6, 6.07) is 0. The average Bonchev–Trinajstić information content (AvgIpc) is 2.36. The van der Waals surface area contributed by atoms with Crippen molar-refractivity contribution in [3.05, 3.63) is 12.4 Å². The van der Waals surface area contributed by atoms with Gasteiger partial charge in [0.25, 0.3) is 0 Å². The van der Waals surface area contributed by atoms with Gasteiger partial charge in [-0.2, -0.15) is 5.10 Å². The van der Waals surface area contributed by atoms with Crippen molar-refractivity contribution >= 4 is 12.2 Å². The van der Waals surface area contributed by atoms with E-state index in [1.165, 1.54) is 6.34 Å². The van der Waals surface area contributed by atoms with E-state index in [1.54, 1.807) is 11.2 Å². The number of nitrogens with zero attached hydrogens (tertiary/aromatic N) is 3. The maximum atomic E-state index is 5.53. The van der Waals surface area contributed by atoms with Gasteiger partial charge in [0.15, 0.2) is 6.17 Å². The molecule has 0 spiro atoms. The molecular formula is C5H7N5. The lowest BCUT2D eigenvalue weighted by molar-refractivity contribution is 0.356. The van der Waals surface area contributed by atoms with Gasteiger partial charge < -0.3 is 11.1 Å². The van der Waals surface area contributed by atoms with Crippen LogP contribution in [0.15, 0.2) is 22.5 Å². The number of nitrogens with one attached hydrogen (secondary N) is 1. The van der Waals surface area contributed by atoms with Gasteiger partial charge in [0.1, 0.15) is 12.2 Å². The first-order chi connectivity index (χ1) is 4.88. The lowest BCUT2D eigenvalue weighted by atomic mass is 10.4. The van der Waals surface area contributed by atoms with E-state index in [9.17, 15) is 0 Å². The van der Waals surface area contributed by atoms with Crippen molar-refractivity contribution in [3.8, 4) is 0 Å². The monoisotopic (exact) mass is 137 g/mol. The van der Waals surface area contributed by atoms with E-state index in [1.807, 2.05) is 6.20 Å². The van der Waals surface area contributed by atoms with E-state index < -0.39 is 0 Å². The van der Waals surface area contributed by atoms with E-state index in [0.29, 0.717) is 5.84 Å². The number of hydrogen-bond donors (Lipinski definition) is 2. The Morgan fingerprint density at radius 3 is 3.40 bits per heavy atom. The molecular weight excluding hydrogens is 130 g/mol. The van der Waals surface area contributed by atoms with Crippen LogP contribution in [0, 0.1) is 0 Å². The molecule has 0 aliphatic carbocycles. The summed E-state index contributed by atoms with van der Waals surface area (Å²) in [5, 5.41) is 8.63. The summed E-state index contributed by atoms with van der Waals surface area (Å²) in [7, 11) is 0. The molecule has 0 bridgehead atoms. The molecule has 5 nitrogen and oxygen atoms in total. The minimum Gasteiger partial charge on any atom is -0.384 e. The van der Waals surface area contributed by atoms with Gasteiger partial charge in [0.05, 0.1) is 0 Å². The molecule has 0 amide bonds. The summed E-state index contributed by atoms with van der Waals surface area (Å²) < 4.78 is 0. The summed E-state index contributed by atoms with van der Waals surface area (Å²) in [4.78, 5) is 3.83. The number of nitrogens with two attached hydrogens (primary N) is 1. The van der Waals surface area contributed by atoms with Gasteiger partial charge in [-0.1, -0.05) is 0 Å². The topological polar surface area (TPSA) is 66.0 Å². The molecule has 5 heteroatoms. The Labute approximate surface area is 57.9 Å². The van der Waals surface area contributed by atoms with Gasteiger partial charge in [-0.15, -0.1) is 0 Å². The Kier molecular flexibility index (Phi) is 0.913. The van der Waals surface area contributed by atoms with Crippen LogP contribution >= 0.6 is 0 Å². The lowest BCUT2D eigenvalue weighted by Gasteiger charge is -2.21. The predicted octanol–water partition coefficient (Wildman–Crippen LogP) is -0.997. The quantitative estimate of drug-likeness (QED) is 0.450. The first-order valence-corrected chi connectivity index (χ1v) is 2.94. The molecule has 52 valence electrons. The molecule has 1 atom stereocenters. The van der Waals surface area contributed by atoms with E-state index in [2.05, 4.69) is 15.4 Å². The van der Waals surface area contributed by atoms with E-state index in [0.717, 1.165) is 0 Å². The van der Waals surface area contributed by atoms with Crippen molar-refractivity contribution in [1.82, 2.24) is 10.3 Å². The highest BCUT2D eigenvalue weighted by Crippen LogP contribution is 2.07. The zero-order valence-electron chi connectivity index (χ0n) is 5.23. The molecule has 0 aromatic heterocycles. The van der Waals surface area contributed by atoms with Gasteiger partial charge in [0, 0.05) is 12.4 Å². The zero-order chi connectivity index (χ0) is 6.97. The normalized spacial score (nSPS) is 27.8. The highest BCUT2D eigenvalue weighted by molar-refractivity contribution is 5.93. The molecule has 3 N–H and O–H groups in total. The van der Waals surface area contributed by atoms with Gasteiger partial charge >= 0.3 is 0 Å². The van der Waals surface area contributed by atoms with Gasteiger partial charge in [-0.3, -0.25) is 0 Å². The molecule has 2 rings (SSSR count). The predicted molar refractivity (Wildman–Crippen MR) is 38.0 cm³/mol. The Hall–Kier alpha value is -1.52. The minimum atomic E-state index is -0.0648. The van der Waals surface area contributed by atoms with E-state index in [4.69, 9.17) is 5.73 Å². The maximum Gasteiger partial charge on any atom is 0.178 e. The first kappa shape index (κ1) is 5.28. The third-order valence-corrected chi connectivity index (χ3v) is 1.42. The Balaban J connectivity index is 2.29. The van der Waals surface area contributed by atoms with Crippen molar-refractivity contribution < 1.29 is 0 Å². The second-order valence-electron chi connectivity index (χ2n) is 2.05. The summed E-state index contributed by atoms with van der Waals surface area (Å²) in [5.74, 6) is 0.542. The molecule has 0 saturated carbocycles. The smallest absolute Gasteiger partial charge is 0.178 e. The van der Waals surface area contributed by atoms with Crippen molar-refractivity contribution in [3.63, 3.8) is 0 Å². The second-order valence-corrected chi connectivity index (χ2v) is 2.05. The third-order valence-electron chi connectivity index (χ3n) is 1.42. The van der Waals surface area contributed by atoms with Crippen LogP contribution in [0.3, 0.4) is 0 Å². The molecule has 2 aliphatic heterocycles. The summed E-state index contributed by atoms with van der Waals surface area (Å²) in [6.45, 7) is 0. The maximum absolute atomic E-state index is 5.53. The van der Waals surface area contributed by atoms with Crippen LogP contribution in [0.4, 0.5) is 0 Å². The van der Waals surface area contributed by atoms with Crippen molar-refractivity contribution in [2.24, 2.45) is 15.8 Å². The summed E-state index contributed by atoms with van der Waals surface area (Å²) in [6.07, 6.45) is 4.96. The molecule has 0 aromatic carbocycles. The van der Waals surface area contributed by atoms with Crippen LogP contribution in [-0.4, -0.2) is 23.3 Å². The highest BCUT2D eigenvalue weighted by Gasteiger charge is 2.23. The SMILES string of the molecule is NC1=NC=NN2C=CNC12. The van der Waals surface area contributed by atoms with Crippen LogP contribution in [0.25, 0.3) is 0 Å². The van der Waals surface area contributed by atoms with Gasteiger partial charge in [-0.05, 0) is 0 Å².